The maximum Gasteiger partial charge on any atom is 0.249 e. The smallest absolute Gasteiger partial charge is 0.249 e. The number of benzene rings is 1. The zero-order chi connectivity index (χ0) is 23.8. The predicted octanol–water partition coefficient (Wildman–Crippen LogP) is 0.601. The quantitative estimate of drug-likeness (QED) is 0.390. The van der Waals surface area contributed by atoms with E-state index in [0.29, 0.717) is 44.1 Å². The van der Waals surface area contributed by atoms with Crippen LogP contribution in [-0.2, 0) is 19.1 Å². The van der Waals surface area contributed by atoms with E-state index in [9.17, 15) is 14.7 Å². The summed E-state index contributed by atoms with van der Waals surface area (Å²) in [6, 6.07) is 6.60. The summed E-state index contributed by atoms with van der Waals surface area (Å²) in [5.74, 6) is -0.504. The molecule has 4 atom stereocenters. The van der Waals surface area contributed by atoms with Crippen molar-refractivity contribution < 1.29 is 34.0 Å². The Morgan fingerprint density at radius 1 is 1.18 bits per heavy atom. The first-order valence-corrected chi connectivity index (χ1v) is 11.5. The lowest BCUT2D eigenvalue weighted by Crippen LogP contribution is -2.56. The van der Waals surface area contributed by atoms with Gasteiger partial charge in [0.25, 0.3) is 0 Å². The highest BCUT2D eigenvalue weighted by Crippen LogP contribution is 2.47. The Hall–Kier alpha value is -2.46. The van der Waals surface area contributed by atoms with Gasteiger partial charge in [-0.2, -0.15) is 0 Å². The molecule has 0 fully saturated rings. The third-order valence-electron chi connectivity index (χ3n) is 5.88. The maximum absolute atomic E-state index is 13.0. The van der Waals surface area contributed by atoms with Gasteiger partial charge in [-0.1, -0.05) is 18.2 Å². The molecular weight excluding hydrogens is 428 g/mol. The van der Waals surface area contributed by atoms with Gasteiger partial charge in [0.15, 0.2) is 0 Å². The van der Waals surface area contributed by atoms with Crippen molar-refractivity contribution in [2.75, 3.05) is 46.1 Å². The van der Waals surface area contributed by atoms with Gasteiger partial charge in [0.2, 0.25) is 11.8 Å². The number of nitrogens with zero attached hydrogens (tertiary/aromatic N) is 1. The second-order valence-corrected chi connectivity index (χ2v) is 7.96. The molecule has 0 radical (unpaired) electrons. The zero-order valence-corrected chi connectivity index (χ0v) is 19.2. The Balaban J connectivity index is 1.95. The van der Waals surface area contributed by atoms with Crippen molar-refractivity contribution in [2.45, 2.75) is 44.4 Å². The summed E-state index contributed by atoms with van der Waals surface area (Å²) in [6.07, 6.45) is 0.467. The van der Waals surface area contributed by atoms with Gasteiger partial charge in [-0.15, -0.1) is 0 Å². The van der Waals surface area contributed by atoms with Crippen LogP contribution < -0.4 is 10.1 Å². The summed E-state index contributed by atoms with van der Waals surface area (Å²) in [5, 5.41) is 23.2. The fraction of sp³-hybridized carbons (Fsp3) is 0.583. The Morgan fingerprint density at radius 3 is 2.67 bits per heavy atom. The number of ether oxygens (including phenoxy) is 3. The number of amides is 2. The summed E-state index contributed by atoms with van der Waals surface area (Å²) in [4.78, 5) is 27.6. The highest BCUT2D eigenvalue weighted by molar-refractivity contribution is 5.96. The molecule has 9 nitrogen and oxygen atoms in total. The first-order valence-electron chi connectivity index (χ1n) is 11.5. The summed E-state index contributed by atoms with van der Waals surface area (Å²) < 4.78 is 16.8. The van der Waals surface area contributed by atoms with Gasteiger partial charge in [0.05, 0.1) is 18.6 Å². The van der Waals surface area contributed by atoms with Crippen molar-refractivity contribution in [1.29, 1.82) is 0 Å². The van der Waals surface area contributed by atoms with Gasteiger partial charge in [0.1, 0.15) is 24.6 Å². The van der Waals surface area contributed by atoms with Crippen LogP contribution in [0.1, 0.15) is 31.7 Å². The molecular formula is C24H34N2O7. The van der Waals surface area contributed by atoms with Crippen LogP contribution in [0, 0.1) is 0 Å². The van der Waals surface area contributed by atoms with E-state index >= 15 is 0 Å². The number of carbonyl (C=O) groups is 2. The van der Waals surface area contributed by atoms with Crippen molar-refractivity contribution >= 4 is 11.8 Å². The number of para-hydroxylation sites is 1. The van der Waals surface area contributed by atoms with Crippen molar-refractivity contribution in [3.8, 4) is 5.75 Å². The van der Waals surface area contributed by atoms with Crippen LogP contribution >= 0.6 is 0 Å². The standard InChI is InChI=1S/C24H34N2O7/c1-3-31-13-7-11-26(20(28)15-32-4-2)18-14-17(24(30)25-10-12-27)21-16-8-5-6-9-19(16)33-23(21)22(18)29/h5-6,8-9,14,18,21-23,27,29H,3-4,7,10-13,15H2,1-2H3,(H,25,30). The number of hydrogen-bond donors (Lipinski definition) is 3. The van der Waals surface area contributed by atoms with Crippen molar-refractivity contribution in [1.82, 2.24) is 10.2 Å². The van der Waals surface area contributed by atoms with Crippen LogP contribution in [0.2, 0.25) is 0 Å². The average Bonchev–Trinajstić information content (AvgIpc) is 3.22. The molecule has 1 aliphatic heterocycles. The largest absolute Gasteiger partial charge is 0.486 e. The molecule has 3 rings (SSSR count). The molecule has 0 aromatic heterocycles. The normalized spacial score (nSPS) is 23.2. The SMILES string of the molecule is CCOCCCN(C(=O)COCC)C1C=C(C(=O)NCCO)C2c3ccccc3OC2C1O. The minimum absolute atomic E-state index is 0.102. The van der Waals surface area contributed by atoms with Crippen LogP contribution in [0.15, 0.2) is 35.9 Å². The van der Waals surface area contributed by atoms with E-state index in [-0.39, 0.29) is 31.6 Å². The molecule has 1 aromatic rings. The lowest BCUT2D eigenvalue weighted by atomic mass is 9.77. The Kier molecular flexibility index (Phi) is 9.25. The van der Waals surface area contributed by atoms with Gasteiger partial charge in [-0.05, 0) is 32.4 Å². The molecule has 0 bridgehead atoms. The first kappa shape index (κ1) is 25.2. The number of fused-ring (bicyclic) bond motifs is 3. The van der Waals surface area contributed by atoms with Gasteiger partial charge in [-0.25, -0.2) is 0 Å². The van der Waals surface area contributed by atoms with Crippen LogP contribution in [0.25, 0.3) is 0 Å². The highest BCUT2D eigenvalue weighted by atomic mass is 16.5. The zero-order valence-electron chi connectivity index (χ0n) is 19.2. The monoisotopic (exact) mass is 462 g/mol. The summed E-state index contributed by atoms with van der Waals surface area (Å²) in [7, 11) is 0. The fourth-order valence-electron chi connectivity index (χ4n) is 4.38. The Morgan fingerprint density at radius 2 is 1.94 bits per heavy atom. The molecule has 3 N–H and O–H groups in total. The molecule has 182 valence electrons. The van der Waals surface area contributed by atoms with Gasteiger partial charge in [0, 0.05) is 44.0 Å². The first-order chi connectivity index (χ1) is 16.0. The number of aliphatic hydroxyl groups excluding tert-OH is 2. The molecule has 2 amide bonds. The lowest BCUT2D eigenvalue weighted by molar-refractivity contribution is -0.142. The maximum atomic E-state index is 13.0. The number of hydrogen-bond acceptors (Lipinski definition) is 7. The lowest BCUT2D eigenvalue weighted by Gasteiger charge is -2.40. The molecule has 33 heavy (non-hydrogen) atoms. The molecule has 1 aromatic carbocycles. The predicted molar refractivity (Wildman–Crippen MR) is 121 cm³/mol. The van der Waals surface area contributed by atoms with Crippen molar-refractivity contribution in [3.05, 3.63) is 41.5 Å². The van der Waals surface area contributed by atoms with E-state index in [4.69, 9.17) is 19.3 Å². The topological polar surface area (TPSA) is 118 Å². The molecule has 2 aliphatic rings. The highest BCUT2D eigenvalue weighted by Gasteiger charge is 2.50. The molecule has 0 saturated heterocycles. The van der Waals surface area contributed by atoms with E-state index in [0.717, 1.165) is 5.56 Å². The summed E-state index contributed by atoms with van der Waals surface area (Å²) in [6.45, 7) is 5.26. The summed E-state index contributed by atoms with van der Waals surface area (Å²) >= 11 is 0. The van der Waals surface area contributed by atoms with Crippen LogP contribution in [0.3, 0.4) is 0 Å². The van der Waals surface area contributed by atoms with Crippen LogP contribution in [0.5, 0.6) is 5.75 Å². The van der Waals surface area contributed by atoms with Crippen molar-refractivity contribution in [2.24, 2.45) is 0 Å². The fourth-order valence-corrected chi connectivity index (χ4v) is 4.38. The van der Waals surface area contributed by atoms with E-state index < -0.39 is 24.2 Å². The average molecular weight is 463 g/mol. The van der Waals surface area contributed by atoms with E-state index in [1.54, 1.807) is 24.0 Å². The van der Waals surface area contributed by atoms with Crippen LogP contribution in [-0.4, -0.2) is 91.3 Å². The third kappa shape index (κ3) is 5.73. The van der Waals surface area contributed by atoms with Gasteiger partial charge >= 0.3 is 0 Å². The van der Waals surface area contributed by atoms with Gasteiger partial charge in [-0.3, -0.25) is 9.59 Å². The number of carbonyl (C=O) groups excluding carboxylic acids is 2. The van der Waals surface area contributed by atoms with Gasteiger partial charge < -0.3 is 34.6 Å². The van der Waals surface area contributed by atoms with E-state index in [2.05, 4.69) is 5.32 Å². The van der Waals surface area contributed by atoms with E-state index in [1.807, 2.05) is 25.1 Å². The molecule has 0 spiro atoms. The number of rotatable bonds is 12. The number of aliphatic hydroxyl groups is 2. The molecule has 1 heterocycles. The second kappa shape index (κ2) is 12.1. The molecule has 9 heteroatoms. The molecule has 0 saturated carbocycles. The van der Waals surface area contributed by atoms with Crippen LogP contribution in [0.4, 0.5) is 0 Å². The van der Waals surface area contributed by atoms with Crippen molar-refractivity contribution in [3.63, 3.8) is 0 Å². The number of nitrogens with one attached hydrogen (secondary N) is 1. The Labute approximate surface area is 194 Å². The molecule has 4 unspecified atom stereocenters. The summed E-state index contributed by atoms with van der Waals surface area (Å²) in [5.41, 5.74) is 1.22. The molecule has 1 aliphatic carbocycles. The minimum atomic E-state index is -1.05. The second-order valence-electron chi connectivity index (χ2n) is 7.96. The van der Waals surface area contributed by atoms with E-state index in [1.165, 1.54) is 0 Å². The third-order valence-corrected chi connectivity index (χ3v) is 5.88. The minimum Gasteiger partial charge on any atom is -0.486 e. The Bertz CT molecular complexity index is 844.